The van der Waals surface area contributed by atoms with E-state index in [4.69, 9.17) is 5.73 Å². The van der Waals surface area contributed by atoms with Crippen LogP contribution in [0.1, 0.15) is 19.4 Å². The third-order valence-corrected chi connectivity index (χ3v) is 2.63. The second-order valence-electron chi connectivity index (χ2n) is 4.42. The first-order valence-electron chi connectivity index (χ1n) is 5.04. The Morgan fingerprint density at radius 3 is 2.50 bits per heavy atom. The molecule has 4 heteroatoms. The second-order valence-corrected chi connectivity index (χ2v) is 4.42. The van der Waals surface area contributed by atoms with Crippen molar-refractivity contribution < 1.29 is 13.6 Å². The number of rotatable bonds is 4. The van der Waals surface area contributed by atoms with Gasteiger partial charge in [0.1, 0.15) is 17.4 Å². The molecule has 0 amide bonds. The normalized spacial score (nSPS) is 11.6. The first-order valence-corrected chi connectivity index (χ1v) is 5.04. The Hall–Kier alpha value is -1.29. The third-order valence-electron chi connectivity index (χ3n) is 2.63. The van der Waals surface area contributed by atoms with Crippen LogP contribution in [0.4, 0.5) is 8.78 Å². The largest absolute Gasteiger partial charge is 0.329 e. The zero-order valence-electron chi connectivity index (χ0n) is 9.39. The molecule has 0 radical (unpaired) electrons. The minimum atomic E-state index is -0.693. The van der Waals surface area contributed by atoms with Crippen molar-refractivity contribution in [3.05, 3.63) is 35.4 Å². The van der Waals surface area contributed by atoms with E-state index in [-0.39, 0.29) is 24.3 Å². The summed E-state index contributed by atoms with van der Waals surface area (Å²) in [7, 11) is 0. The number of hydrogen-bond donors (Lipinski definition) is 1. The average molecular weight is 227 g/mol. The van der Waals surface area contributed by atoms with E-state index >= 15 is 0 Å². The van der Waals surface area contributed by atoms with Gasteiger partial charge in [-0.05, 0) is 11.6 Å². The Morgan fingerprint density at radius 1 is 1.38 bits per heavy atom. The van der Waals surface area contributed by atoms with E-state index in [0.29, 0.717) is 0 Å². The summed E-state index contributed by atoms with van der Waals surface area (Å²) in [6.45, 7) is 3.61. The number of carbonyl (C=O) groups is 1. The zero-order chi connectivity index (χ0) is 12.3. The average Bonchev–Trinajstić information content (AvgIpc) is 2.22. The van der Waals surface area contributed by atoms with Crippen LogP contribution in [0.25, 0.3) is 0 Å². The summed E-state index contributed by atoms with van der Waals surface area (Å²) in [6, 6.07) is 3.20. The van der Waals surface area contributed by atoms with E-state index in [2.05, 4.69) is 0 Å². The van der Waals surface area contributed by atoms with Crippen molar-refractivity contribution in [2.45, 2.75) is 20.3 Å². The second kappa shape index (κ2) is 4.70. The van der Waals surface area contributed by atoms with Crippen molar-refractivity contribution in [3.8, 4) is 0 Å². The lowest BCUT2D eigenvalue weighted by Crippen LogP contribution is -2.34. The maximum Gasteiger partial charge on any atom is 0.144 e. The van der Waals surface area contributed by atoms with E-state index in [0.717, 1.165) is 12.1 Å². The maximum atomic E-state index is 13.3. The maximum absolute atomic E-state index is 13.3. The summed E-state index contributed by atoms with van der Waals surface area (Å²) in [5.41, 5.74) is 4.97. The van der Waals surface area contributed by atoms with E-state index in [9.17, 15) is 13.6 Å². The van der Waals surface area contributed by atoms with Gasteiger partial charge < -0.3 is 5.73 Å². The summed E-state index contributed by atoms with van der Waals surface area (Å²) in [5.74, 6) is -1.49. The summed E-state index contributed by atoms with van der Waals surface area (Å²) < 4.78 is 25.9. The van der Waals surface area contributed by atoms with Crippen molar-refractivity contribution in [3.63, 3.8) is 0 Å². The van der Waals surface area contributed by atoms with Gasteiger partial charge in [-0.25, -0.2) is 8.78 Å². The fourth-order valence-electron chi connectivity index (χ4n) is 1.19. The zero-order valence-corrected chi connectivity index (χ0v) is 9.39. The third kappa shape index (κ3) is 2.85. The highest BCUT2D eigenvalue weighted by molar-refractivity contribution is 5.86. The number of halogens is 2. The quantitative estimate of drug-likeness (QED) is 0.855. The molecule has 1 rings (SSSR count). The molecular formula is C12H15F2NO. The standard InChI is InChI=1S/C12H15F2NO/c1-12(2,7-15)11(16)5-8-3-4-9(13)6-10(8)14/h3-4,6H,5,7,15H2,1-2H3. The van der Waals surface area contributed by atoms with Crippen LogP contribution in [0.3, 0.4) is 0 Å². The monoisotopic (exact) mass is 227 g/mol. The van der Waals surface area contributed by atoms with Crippen molar-refractivity contribution in [1.82, 2.24) is 0 Å². The number of nitrogens with two attached hydrogens (primary N) is 1. The number of ketones is 1. The lowest BCUT2D eigenvalue weighted by atomic mass is 9.85. The van der Waals surface area contributed by atoms with Gasteiger partial charge in [0.15, 0.2) is 0 Å². The fourth-order valence-corrected chi connectivity index (χ4v) is 1.19. The summed E-state index contributed by atoms with van der Waals surface area (Å²) in [4.78, 5) is 11.8. The van der Waals surface area contributed by atoms with E-state index in [1.807, 2.05) is 0 Å². The Labute approximate surface area is 93.5 Å². The molecule has 0 heterocycles. The van der Waals surface area contributed by atoms with Gasteiger partial charge in [0.05, 0.1) is 0 Å². The minimum absolute atomic E-state index is 0.0592. The van der Waals surface area contributed by atoms with Gasteiger partial charge in [0.25, 0.3) is 0 Å². The van der Waals surface area contributed by atoms with Crippen molar-refractivity contribution in [2.75, 3.05) is 6.54 Å². The van der Waals surface area contributed by atoms with Gasteiger partial charge in [-0.1, -0.05) is 19.9 Å². The minimum Gasteiger partial charge on any atom is -0.329 e. The molecule has 0 aliphatic heterocycles. The predicted octanol–water partition coefficient (Wildman–Crippen LogP) is 2.06. The molecule has 0 fully saturated rings. The van der Waals surface area contributed by atoms with E-state index in [1.54, 1.807) is 13.8 Å². The van der Waals surface area contributed by atoms with Gasteiger partial charge in [-0.15, -0.1) is 0 Å². The Bertz CT molecular complexity index is 402. The molecule has 2 N–H and O–H groups in total. The highest BCUT2D eigenvalue weighted by Crippen LogP contribution is 2.19. The SMILES string of the molecule is CC(C)(CN)C(=O)Cc1ccc(F)cc1F. The van der Waals surface area contributed by atoms with Crippen LogP contribution in [-0.2, 0) is 11.2 Å². The summed E-state index contributed by atoms with van der Waals surface area (Å²) in [6.07, 6.45) is -0.0592. The summed E-state index contributed by atoms with van der Waals surface area (Å²) in [5, 5.41) is 0. The molecule has 2 nitrogen and oxygen atoms in total. The van der Waals surface area contributed by atoms with Crippen LogP contribution in [0.2, 0.25) is 0 Å². The first-order chi connectivity index (χ1) is 7.36. The molecule has 0 unspecified atom stereocenters. The molecule has 0 aliphatic rings. The molecule has 0 bridgehead atoms. The predicted molar refractivity (Wildman–Crippen MR) is 57.9 cm³/mol. The first kappa shape index (κ1) is 12.8. The van der Waals surface area contributed by atoms with Crippen LogP contribution in [-0.4, -0.2) is 12.3 Å². The summed E-state index contributed by atoms with van der Waals surface area (Å²) >= 11 is 0. The van der Waals surface area contributed by atoms with Gasteiger partial charge in [-0.3, -0.25) is 4.79 Å². The molecule has 1 aromatic carbocycles. The Morgan fingerprint density at radius 2 is 2.00 bits per heavy atom. The smallest absolute Gasteiger partial charge is 0.144 e. The van der Waals surface area contributed by atoms with Crippen LogP contribution in [0.15, 0.2) is 18.2 Å². The van der Waals surface area contributed by atoms with E-state index in [1.165, 1.54) is 6.07 Å². The lowest BCUT2D eigenvalue weighted by Gasteiger charge is -2.20. The lowest BCUT2D eigenvalue weighted by molar-refractivity contribution is -0.126. The van der Waals surface area contributed by atoms with Gasteiger partial charge in [0.2, 0.25) is 0 Å². The Kier molecular flexibility index (Phi) is 3.75. The fraction of sp³-hybridized carbons (Fsp3) is 0.417. The van der Waals surface area contributed by atoms with Crippen LogP contribution < -0.4 is 5.73 Å². The van der Waals surface area contributed by atoms with Crippen molar-refractivity contribution in [2.24, 2.45) is 11.1 Å². The molecular weight excluding hydrogens is 212 g/mol. The number of carbonyl (C=O) groups excluding carboxylic acids is 1. The molecule has 0 saturated carbocycles. The topological polar surface area (TPSA) is 43.1 Å². The molecule has 88 valence electrons. The van der Waals surface area contributed by atoms with Crippen molar-refractivity contribution >= 4 is 5.78 Å². The molecule has 0 spiro atoms. The highest BCUT2D eigenvalue weighted by atomic mass is 19.1. The number of benzene rings is 1. The van der Waals surface area contributed by atoms with Gasteiger partial charge >= 0.3 is 0 Å². The van der Waals surface area contributed by atoms with Crippen LogP contribution in [0, 0.1) is 17.0 Å². The molecule has 0 aromatic heterocycles. The van der Waals surface area contributed by atoms with E-state index < -0.39 is 17.0 Å². The molecule has 0 atom stereocenters. The van der Waals surface area contributed by atoms with Crippen LogP contribution in [0.5, 0.6) is 0 Å². The molecule has 16 heavy (non-hydrogen) atoms. The highest BCUT2D eigenvalue weighted by Gasteiger charge is 2.26. The number of Topliss-reactive ketones (excluding diaryl/α,β-unsaturated/α-hetero) is 1. The van der Waals surface area contributed by atoms with Gasteiger partial charge in [0, 0.05) is 24.4 Å². The molecule has 0 aliphatic carbocycles. The van der Waals surface area contributed by atoms with Crippen LogP contribution >= 0.6 is 0 Å². The van der Waals surface area contributed by atoms with Crippen molar-refractivity contribution in [1.29, 1.82) is 0 Å². The van der Waals surface area contributed by atoms with Gasteiger partial charge in [-0.2, -0.15) is 0 Å². The molecule has 0 saturated heterocycles. The number of hydrogen-bond acceptors (Lipinski definition) is 2. The molecule has 1 aromatic rings. The Balaban J connectivity index is 2.85.